The molecule has 22 heavy (non-hydrogen) atoms. The predicted octanol–water partition coefficient (Wildman–Crippen LogP) is 2.42. The number of fused-ring (bicyclic) bond motifs is 1. The van der Waals surface area contributed by atoms with Crippen molar-refractivity contribution in [1.29, 1.82) is 0 Å². The van der Waals surface area contributed by atoms with Gasteiger partial charge in [-0.15, -0.1) is 10.2 Å². The molecular weight excluding hydrogens is 298 g/mol. The van der Waals surface area contributed by atoms with Crippen molar-refractivity contribution in [3.8, 4) is 0 Å². The number of para-hydroxylation sites is 1. The first-order valence-corrected chi connectivity index (χ1v) is 8.14. The van der Waals surface area contributed by atoms with Crippen LogP contribution in [0.1, 0.15) is 17.5 Å². The lowest BCUT2D eigenvalue weighted by molar-refractivity contribution is 0.251. The molecular formula is C15H19N5OS. The molecule has 2 heterocycles. The molecule has 2 aromatic rings. The van der Waals surface area contributed by atoms with Gasteiger partial charge >= 0.3 is 6.03 Å². The zero-order chi connectivity index (χ0) is 15.5. The van der Waals surface area contributed by atoms with Crippen LogP contribution in [0, 0.1) is 6.92 Å². The van der Waals surface area contributed by atoms with E-state index >= 15 is 0 Å². The van der Waals surface area contributed by atoms with Crippen molar-refractivity contribution >= 4 is 28.2 Å². The maximum absolute atomic E-state index is 11.9. The topological polar surface area (TPSA) is 70.1 Å². The molecule has 0 unspecified atom stereocenters. The molecule has 1 aromatic heterocycles. The highest BCUT2D eigenvalue weighted by Gasteiger charge is 2.23. The van der Waals surface area contributed by atoms with E-state index in [1.54, 1.807) is 0 Å². The second-order valence-corrected chi connectivity index (χ2v) is 6.56. The van der Waals surface area contributed by atoms with Crippen LogP contribution in [0.4, 0.5) is 15.6 Å². The van der Waals surface area contributed by atoms with Crippen LogP contribution in [0.5, 0.6) is 0 Å². The Balaban J connectivity index is 1.52. The van der Waals surface area contributed by atoms with Crippen molar-refractivity contribution in [3.63, 3.8) is 0 Å². The lowest BCUT2D eigenvalue weighted by Crippen LogP contribution is -2.42. The molecule has 0 radical (unpaired) electrons. The van der Waals surface area contributed by atoms with E-state index in [0.717, 1.165) is 18.0 Å². The van der Waals surface area contributed by atoms with Gasteiger partial charge in [0.1, 0.15) is 5.01 Å². The Morgan fingerprint density at radius 3 is 3.00 bits per heavy atom. The van der Waals surface area contributed by atoms with Crippen LogP contribution >= 0.6 is 11.3 Å². The van der Waals surface area contributed by atoms with Crippen LogP contribution in [-0.4, -0.2) is 35.4 Å². The first-order valence-electron chi connectivity index (χ1n) is 7.33. The average Bonchev–Trinajstić information content (AvgIpc) is 3.11. The third-order valence-corrected chi connectivity index (χ3v) is 4.51. The quantitative estimate of drug-likeness (QED) is 0.908. The summed E-state index contributed by atoms with van der Waals surface area (Å²) in [5.74, 6) is 0. The number of aryl methyl sites for hydroxylation is 1. The van der Waals surface area contributed by atoms with E-state index in [0.29, 0.717) is 11.7 Å². The Bertz CT molecular complexity index is 671. The minimum absolute atomic E-state index is 0.240. The van der Waals surface area contributed by atoms with Crippen LogP contribution in [-0.2, 0) is 6.42 Å². The van der Waals surface area contributed by atoms with Gasteiger partial charge in [0.25, 0.3) is 0 Å². The minimum atomic E-state index is -0.240. The van der Waals surface area contributed by atoms with Gasteiger partial charge in [-0.3, -0.25) is 5.32 Å². The number of carbonyl (C=O) groups is 1. The van der Waals surface area contributed by atoms with Crippen molar-refractivity contribution < 1.29 is 4.79 Å². The number of benzene rings is 1. The monoisotopic (exact) mass is 317 g/mol. The highest BCUT2D eigenvalue weighted by molar-refractivity contribution is 7.15. The number of urea groups is 1. The molecule has 2 amide bonds. The van der Waals surface area contributed by atoms with E-state index in [1.807, 2.05) is 6.92 Å². The fourth-order valence-electron chi connectivity index (χ4n) is 2.66. The minimum Gasteiger partial charge on any atom is -0.366 e. The molecule has 0 aliphatic carbocycles. The average molecular weight is 317 g/mol. The molecule has 0 bridgehead atoms. The standard InChI is InChI=1S/C15H19N5OS/c1-10(20-8-7-12-5-3-4-6-13(12)20)9-16-14(21)17-15-19-18-11(2)22-15/h3-6,10H,7-9H2,1-2H3,(H2,16,17,19,21)/t10-/m1/s1. The van der Waals surface area contributed by atoms with Crippen LogP contribution in [0.3, 0.4) is 0 Å². The molecule has 0 saturated heterocycles. The highest BCUT2D eigenvalue weighted by Crippen LogP contribution is 2.28. The summed E-state index contributed by atoms with van der Waals surface area (Å²) in [5.41, 5.74) is 2.65. The fraction of sp³-hybridized carbons (Fsp3) is 0.400. The number of hydrogen-bond acceptors (Lipinski definition) is 5. The maximum Gasteiger partial charge on any atom is 0.321 e. The summed E-state index contributed by atoms with van der Waals surface area (Å²) in [6.45, 7) is 5.56. The SMILES string of the molecule is Cc1nnc(NC(=O)NC[C@@H](C)N2CCc3ccccc32)s1. The van der Waals surface area contributed by atoms with Crippen LogP contribution < -0.4 is 15.5 Å². The zero-order valence-electron chi connectivity index (χ0n) is 12.7. The van der Waals surface area contributed by atoms with E-state index in [2.05, 4.69) is 56.9 Å². The Morgan fingerprint density at radius 2 is 2.23 bits per heavy atom. The summed E-state index contributed by atoms with van der Waals surface area (Å²) in [7, 11) is 0. The number of amides is 2. The fourth-order valence-corrected chi connectivity index (χ4v) is 3.25. The number of anilines is 2. The van der Waals surface area contributed by atoms with Crippen LogP contribution in [0.15, 0.2) is 24.3 Å². The van der Waals surface area contributed by atoms with Gasteiger partial charge in [0.15, 0.2) is 0 Å². The molecule has 1 aliphatic heterocycles. The van der Waals surface area contributed by atoms with E-state index in [1.165, 1.54) is 22.6 Å². The van der Waals surface area contributed by atoms with Gasteiger partial charge in [-0.05, 0) is 31.9 Å². The summed E-state index contributed by atoms with van der Waals surface area (Å²) in [6.07, 6.45) is 1.07. The molecule has 1 aliphatic rings. The first kappa shape index (κ1) is 14.8. The van der Waals surface area contributed by atoms with Gasteiger partial charge in [-0.2, -0.15) is 0 Å². The number of rotatable bonds is 4. The Hall–Kier alpha value is -2.15. The summed E-state index contributed by atoms with van der Waals surface area (Å²) in [6, 6.07) is 8.44. The molecule has 0 fully saturated rings. The summed E-state index contributed by atoms with van der Waals surface area (Å²) in [5, 5.41) is 14.7. The summed E-state index contributed by atoms with van der Waals surface area (Å²) in [4.78, 5) is 14.2. The van der Waals surface area contributed by atoms with E-state index in [-0.39, 0.29) is 12.1 Å². The molecule has 116 valence electrons. The van der Waals surface area contributed by atoms with Crippen molar-refractivity contribution in [2.45, 2.75) is 26.3 Å². The molecule has 0 spiro atoms. The molecule has 2 N–H and O–H groups in total. The number of nitrogens with one attached hydrogen (secondary N) is 2. The maximum atomic E-state index is 11.9. The third kappa shape index (κ3) is 3.19. The molecule has 0 saturated carbocycles. The van der Waals surface area contributed by atoms with E-state index in [9.17, 15) is 4.79 Å². The van der Waals surface area contributed by atoms with Crippen molar-refractivity contribution in [2.24, 2.45) is 0 Å². The van der Waals surface area contributed by atoms with Crippen LogP contribution in [0.2, 0.25) is 0 Å². The van der Waals surface area contributed by atoms with Gasteiger partial charge < -0.3 is 10.2 Å². The molecule has 6 nitrogen and oxygen atoms in total. The smallest absolute Gasteiger partial charge is 0.321 e. The Labute approximate surface area is 133 Å². The van der Waals surface area contributed by atoms with Crippen molar-refractivity contribution in [1.82, 2.24) is 15.5 Å². The lowest BCUT2D eigenvalue weighted by atomic mass is 10.2. The van der Waals surface area contributed by atoms with Gasteiger partial charge in [0, 0.05) is 24.8 Å². The first-order chi connectivity index (χ1) is 10.6. The highest BCUT2D eigenvalue weighted by atomic mass is 32.1. The lowest BCUT2D eigenvalue weighted by Gasteiger charge is -2.27. The van der Waals surface area contributed by atoms with Crippen molar-refractivity contribution in [2.75, 3.05) is 23.3 Å². The molecule has 7 heteroatoms. The van der Waals surface area contributed by atoms with Crippen LogP contribution in [0.25, 0.3) is 0 Å². The van der Waals surface area contributed by atoms with Gasteiger partial charge in [-0.1, -0.05) is 29.5 Å². The van der Waals surface area contributed by atoms with E-state index < -0.39 is 0 Å². The molecule has 1 aromatic carbocycles. The zero-order valence-corrected chi connectivity index (χ0v) is 13.5. The largest absolute Gasteiger partial charge is 0.366 e. The number of aromatic nitrogens is 2. The summed E-state index contributed by atoms with van der Waals surface area (Å²) < 4.78 is 0. The number of nitrogens with zero attached hydrogens (tertiary/aromatic N) is 3. The Morgan fingerprint density at radius 1 is 1.41 bits per heavy atom. The number of carbonyl (C=O) groups excluding carboxylic acids is 1. The Kier molecular flexibility index (Phi) is 4.24. The van der Waals surface area contributed by atoms with Crippen molar-refractivity contribution in [3.05, 3.63) is 34.8 Å². The molecule has 1 atom stereocenters. The summed E-state index contributed by atoms with van der Waals surface area (Å²) >= 11 is 1.36. The third-order valence-electron chi connectivity index (χ3n) is 3.76. The van der Waals surface area contributed by atoms with Gasteiger partial charge in [0.05, 0.1) is 0 Å². The second kappa shape index (κ2) is 6.31. The normalized spacial score (nSPS) is 14.5. The van der Waals surface area contributed by atoms with Gasteiger partial charge in [-0.25, -0.2) is 4.79 Å². The molecule has 3 rings (SSSR count). The second-order valence-electron chi connectivity index (χ2n) is 5.38. The van der Waals surface area contributed by atoms with Gasteiger partial charge in [0.2, 0.25) is 5.13 Å². The number of hydrogen-bond donors (Lipinski definition) is 2. The van der Waals surface area contributed by atoms with E-state index in [4.69, 9.17) is 0 Å². The predicted molar refractivity (Wildman–Crippen MR) is 88.6 cm³/mol.